The lowest BCUT2D eigenvalue weighted by Crippen LogP contribution is -2.38. The second-order valence-electron chi connectivity index (χ2n) is 4.04. The van der Waals surface area contributed by atoms with Gasteiger partial charge in [0.15, 0.2) is 11.6 Å². The largest absolute Gasteiger partial charge is 0.484 e. The third-order valence-electron chi connectivity index (χ3n) is 2.65. The van der Waals surface area contributed by atoms with Gasteiger partial charge in [0.05, 0.1) is 18.2 Å². The fourth-order valence-corrected chi connectivity index (χ4v) is 1.86. The zero-order chi connectivity index (χ0) is 12.5. The lowest BCUT2D eigenvalue weighted by atomic mass is 10.1. The second kappa shape index (κ2) is 4.51. The monoisotopic (exact) mass is 266 g/mol. The minimum absolute atomic E-state index is 0.0919. The van der Waals surface area contributed by atoms with Crippen LogP contribution in [0.4, 0.5) is 5.82 Å². The van der Waals surface area contributed by atoms with Crippen molar-refractivity contribution in [3.8, 4) is 17.1 Å². The zero-order valence-corrected chi connectivity index (χ0v) is 10.2. The van der Waals surface area contributed by atoms with Gasteiger partial charge in [-0.25, -0.2) is 0 Å². The van der Waals surface area contributed by atoms with Crippen molar-refractivity contribution in [2.75, 3.05) is 18.9 Å². The number of nitrogens with zero attached hydrogens (tertiary/aromatic N) is 1. The Bertz CT molecular complexity index is 566. The van der Waals surface area contributed by atoms with Crippen LogP contribution in [0.1, 0.15) is 0 Å². The van der Waals surface area contributed by atoms with Crippen LogP contribution < -0.4 is 10.5 Å². The van der Waals surface area contributed by atoms with Crippen LogP contribution in [-0.4, -0.2) is 24.5 Å². The first-order valence-corrected chi connectivity index (χ1v) is 5.86. The van der Waals surface area contributed by atoms with Gasteiger partial charge in [0.1, 0.15) is 11.9 Å². The Labute approximate surface area is 108 Å². The highest BCUT2D eigenvalue weighted by atomic mass is 35.5. The van der Waals surface area contributed by atoms with E-state index >= 15 is 0 Å². The molecule has 1 saturated heterocycles. The van der Waals surface area contributed by atoms with Crippen molar-refractivity contribution in [1.82, 2.24) is 5.16 Å². The number of rotatable bonds is 3. The highest BCUT2D eigenvalue weighted by molar-refractivity contribution is 6.32. The zero-order valence-electron chi connectivity index (χ0n) is 9.43. The molecule has 94 valence electrons. The van der Waals surface area contributed by atoms with Gasteiger partial charge in [-0.3, -0.25) is 0 Å². The average Bonchev–Trinajstić information content (AvgIpc) is 2.72. The summed E-state index contributed by atoms with van der Waals surface area (Å²) in [6.07, 6.45) is 0.0919. The molecule has 6 heteroatoms. The van der Waals surface area contributed by atoms with E-state index in [2.05, 4.69) is 5.16 Å². The highest BCUT2D eigenvalue weighted by Gasteiger charge is 2.21. The van der Waals surface area contributed by atoms with E-state index in [1.54, 1.807) is 18.2 Å². The molecule has 0 radical (unpaired) electrons. The number of halogens is 1. The lowest BCUT2D eigenvalue weighted by Gasteiger charge is -2.27. The van der Waals surface area contributed by atoms with Gasteiger partial charge in [0.2, 0.25) is 0 Å². The fraction of sp³-hybridized carbons (Fsp3) is 0.250. The number of hydrogen-bond acceptors (Lipinski definition) is 5. The molecule has 1 fully saturated rings. The number of benzene rings is 1. The first-order chi connectivity index (χ1) is 8.72. The van der Waals surface area contributed by atoms with Gasteiger partial charge in [-0.2, -0.15) is 0 Å². The molecule has 5 nitrogen and oxygen atoms in total. The fourth-order valence-electron chi connectivity index (χ4n) is 1.64. The summed E-state index contributed by atoms with van der Waals surface area (Å²) in [6, 6.07) is 7.05. The van der Waals surface area contributed by atoms with Crippen LogP contribution >= 0.6 is 11.6 Å². The number of hydrogen-bond donors (Lipinski definition) is 1. The molecule has 0 aliphatic carbocycles. The summed E-state index contributed by atoms with van der Waals surface area (Å²) in [7, 11) is 0. The summed E-state index contributed by atoms with van der Waals surface area (Å²) in [4.78, 5) is 0. The topological polar surface area (TPSA) is 70.5 Å². The molecular formula is C12H11ClN2O3. The molecule has 1 aliphatic rings. The molecule has 0 unspecified atom stereocenters. The second-order valence-corrected chi connectivity index (χ2v) is 4.45. The van der Waals surface area contributed by atoms with E-state index in [-0.39, 0.29) is 6.10 Å². The van der Waals surface area contributed by atoms with Crippen LogP contribution in [0.3, 0.4) is 0 Å². The van der Waals surface area contributed by atoms with Crippen molar-refractivity contribution in [1.29, 1.82) is 0 Å². The van der Waals surface area contributed by atoms with Crippen LogP contribution in [-0.2, 0) is 4.74 Å². The molecule has 0 bridgehead atoms. The SMILES string of the molecule is Nc1cc(-c2ccc(OC3COC3)c(Cl)c2)on1. The lowest BCUT2D eigenvalue weighted by molar-refractivity contribution is -0.0796. The summed E-state index contributed by atoms with van der Waals surface area (Å²) < 4.78 is 15.8. The molecule has 0 amide bonds. The van der Waals surface area contributed by atoms with E-state index in [4.69, 9.17) is 31.3 Å². The molecule has 0 spiro atoms. The van der Waals surface area contributed by atoms with Crippen LogP contribution in [0.15, 0.2) is 28.8 Å². The van der Waals surface area contributed by atoms with E-state index in [1.807, 2.05) is 6.07 Å². The third-order valence-corrected chi connectivity index (χ3v) is 2.94. The maximum atomic E-state index is 6.15. The Hall–Kier alpha value is -1.72. The molecule has 1 aliphatic heterocycles. The van der Waals surface area contributed by atoms with Crippen molar-refractivity contribution in [2.45, 2.75) is 6.10 Å². The predicted molar refractivity (Wildman–Crippen MR) is 66.6 cm³/mol. The summed E-state index contributed by atoms with van der Waals surface area (Å²) >= 11 is 6.15. The molecule has 0 saturated carbocycles. The van der Waals surface area contributed by atoms with E-state index in [1.165, 1.54) is 0 Å². The molecule has 2 heterocycles. The summed E-state index contributed by atoms with van der Waals surface area (Å²) in [6.45, 7) is 1.22. The van der Waals surface area contributed by atoms with Crippen molar-refractivity contribution >= 4 is 17.4 Å². The minimum Gasteiger partial charge on any atom is -0.484 e. The molecule has 2 aromatic rings. The molecular weight excluding hydrogens is 256 g/mol. The van der Waals surface area contributed by atoms with Gasteiger partial charge in [-0.15, -0.1) is 0 Å². The number of anilines is 1. The molecule has 3 rings (SSSR count). The highest BCUT2D eigenvalue weighted by Crippen LogP contribution is 2.32. The Morgan fingerprint density at radius 1 is 1.33 bits per heavy atom. The molecule has 18 heavy (non-hydrogen) atoms. The van der Waals surface area contributed by atoms with E-state index < -0.39 is 0 Å². The predicted octanol–water partition coefficient (Wildman–Crippen LogP) is 2.35. The standard InChI is InChI=1S/C12H11ClN2O3/c13-9-3-7(11-4-12(14)15-18-11)1-2-10(9)17-8-5-16-6-8/h1-4,8H,5-6H2,(H2,14,15). The Morgan fingerprint density at radius 2 is 2.17 bits per heavy atom. The number of nitrogen functional groups attached to an aromatic ring is 1. The van der Waals surface area contributed by atoms with Crippen LogP contribution in [0, 0.1) is 0 Å². The van der Waals surface area contributed by atoms with Crippen LogP contribution in [0.5, 0.6) is 5.75 Å². The van der Waals surface area contributed by atoms with Gasteiger partial charge in [-0.1, -0.05) is 16.8 Å². The minimum atomic E-state index is 0.0919. The Balaban J connectivity index is 1.83. The van der Waals surface area contributed by atoms with E-state index in [0.29, 0.717) is 35.6 Å². The van der Waals surface area contributed by atoms with E-state index in [0.717, 1.165) is 5.56 Å². The summed E-state index contributed by atoms with van der Waals surface area (Å²) in [5, 5.41) is 4.15. The average molecular weight is 267 g/mol. The van der Waals surface area contributed by atoms with Gasteiger partial charge < -0.3 is 19.7 Å². The maximum absolute atomic E-state index is 6.15. The van der Waals surface area contributed by atoms with Crippen molar-refractivity contribution in [2.24, 2.45) is 0 Å². The van der Waals surface area contributed by atoms with Gasteiger partial charge >= 0.3 is 0 Å². The van der Waals surface area contributed by atoms with Gasteiger partial charge in [0, 0.05) is 11.6 Å². The summed E-state index contributed by atoms with van der Waals surface area (Å²) in [5.74, 6) is 1.56. The molecule has 1 aromatic heterocycles. The van der Waals surface area contributed by atoms with Crippen molar-refractivity contribution in [3.05, 3.63) is 29.3 Å². The Morgan fingerprint density at radius 3 is 2.72 bits per heavy atom. The summed E-state index contributed by atoms with van der Waals surface area (Å²) in [5.41, 5.74) is 6.31. The molecule has 2 N–H and O–H groups in total. The molecule has 1 aromatic carbocycles. The van der Waals surface area contributed by atoms with Gasteiger partial charge in [0.25, 0.3) is 0 Å². The molecule has 0 atom stereocenters. The normalized spacial score (nSPS) is 15.4. The van der Waals surface area contributed by atoms with Crippen molar-refractivity contribution < 1.29 is 14.0 Å². The van der Waals surface area contributed by atoms with Gasteiger partial charge in [-0.05, 0) is 18.2 Å². The Kier molecular flexibility index (Phi) is 2.85. The number of nitrogens with two attached hydrogens (primary N) is 1. The smallest absolute Gasteiger partial charge is 0.169 e. The van der Waals surface area contributed by atoms with E-state index in [9.17, 15) is 0 Å². The number of aromatic nitrogens is 1. The first-order valence-electron chi connectivity index (χ1n) is 5.49. The van der Waals surface area contributed by atoms with Crippen LogP contribution in [0.2, 0.25) is 5.02 Å². The van der Waals surface area contributed by atoms with Crippen molar-refractivity contribution in [3.63, 3.8) is 0 Å². The quantitative estimate of drug-likeness (QED) is 0.923. The first kappa shape index (κ1) is 11.4. The maximum Gasteiger partial charge on any atom is 0.169 e. The third kappa shape index (κ3) is 2.14. The number of ether oxygens (including phenoxy) is 2. The van der Waals surface area contributed by atoms with Crippen LogP contribution in [0.25, 0.3) is 11.3 Å².